The van der Waals surface area contributed by atoms with E-state index in [0.29, 0.717) is 28.9 Å². The topological polar surface area (TPSA) is 61.9 Å². The van der Waals surface area contributed by atoms with E-state index in [1.807, 2.05) is 67.4 Å². The molecule has 5 rings (SSSR count). The van der Waals surface area contributed by atoms with Crippen LogP contribution in [-0.2, 0) is 11.3 Å². The second-order valence-corrected chi connectivity index (χ2v) is 13.2. The summed E-state index contributed by atoms with van der Waals surface area (Å²) in [6.45, 7) is 2.40. The van der Waals surface area contributed by atoms with E-state index in [4.69, 9.17) is 16.3 Å². The van der Waals surface area contributed by atoms with E-state index in [9.17, 15) is 9.59 Å². The zero-order valence-electron chi connectivity index (χ0n) is 25.1. The van der Waals surface area contributed by atoms with Crippen molar-refractivity contribution in [3.05, 3.63) is 81.7 Å². The van der Waals surface area contributed by atoms with Crippen molar-refractivity contribution in [2.45, 2.75) is 57.7 Å². The Bertz CT molecular complexity index is 1540. The minimum absolute atomic E-state index is 0.0312. The third-order valence-electron chi connectivity index (χ3n) is 8.76. The lowest BCUT2D eigenvalue weighted by Gasteiger charge is -2.37. The number of methoxy groups -OCH3 is 1. The van der Waals surface area contributed by atoms with Gasteiger partial charge in [0.25, 0.3) is 5.91 Å². The fourth-order valence-electron chi connectivity index (χ4n) is 6.21. The van der Waals surface area contributed by atoms with Gasteiger partial charge in [0.15, 0.2) is 0 Å². The van der Waals surface area contributed by atoms with Crippen LogP contribution in [0.5, 0.6) is 5.75 Å². The highest BCUT2D eigenvalue weighted by molar-refractivity contribution is 7.21. The highest BCUT2D eigenvalue weighted by Gasteiger charge is 2.34. The van der Waals surface area contributed by atoms with Gasteiger partial charge in [-0.05, 0) is 75.4 Å². The van der Waals surface area contributed by atoms with E-state index in [0.717, 1.165) is 58.2 Å². The molecular formula is C34H40ClN3O3S. The minimum atomic E-state index is -0.554. The van der Waals surface area contributed by atoms with Gasteiger partial charge in [0, 0.05) is 48.4 Å². The van der Waals surface area contributed by atoms with Gasteiger partial charge in [-0.25, -0.2) is 0 Å². The lowest BCUT2D eigenvalue weighted by molar-refractivity contribution is -0.135. The summed E-state index contributed by atoms with van der Waals surface area (Å²) >= 11 is 8.28. The highest BCUT2D eigenvalue weighted by Crippen LogP contribution is 2.39. The van der Waals surface area contributed by atoms with E-state index in [2.05, 4.69) is 17.5 Å². The molecule has 2 aromatic carbocycles. The van der Waals surface area contributed by atoms with Gasteiger partial charge in [-0.15, -0.1) is 11.3 Å². The van der Waals surface area contributed by atoms with Gasteiger partial charge in [0.2, 0.25) is 5.91 Å². The summed E-state index contributed by atoms with van der Waals surface area (Å²) in [5, 5.41) is 4.85. The molecule has 0 aliphatic heterocycles. The molecule has 6 nitrogen and oxygen atoms in total. The molecule has 2 aliphatic rings. The highest BCUT2D eigenvalue weighted by atomic mass is 35.5. The molecule has 8 heteroatoms. The maximum absolute atomic E-state index is 14.3. The van der Waals surface area contributed by atoms with Gasteiger partial charge in [-0.3, -0.25) is 9.59 Å². The van der Waals surface area contributed by atoms with E-state index in [1.165, 1.54) is 11.3 Å². The number of thiophene rings is 1. The van der Waals surface area contributed by atoms with Crippen molar-refractivity contribution >= 4 is 50.4 Å². The number of amides is 2. The number of nitrogens with zero attached hydrogens (tertiary/aromatic N) is 2. The molecule has 0 saturated heterocycles. The number of fused-ring (bicyclic) bond motifs is 1. The number of carbonyl (C=O) groups is 2. The van der Waals surface area contributed by atoms with Crippen LogP contribution in [0.2, 0.25) is 5.02 Å². The van der Waals surface area contributed by atoms with E-state index >= 15 is 0 Å². The summed E-state index contributed by atoms with van der Waals surface area (Å²) in [4.78, 5) is 31.3. The van der Waals surface area contributed by atoms with Crippen LogP contribution in [0, 0.1) is 5.41 Å². The first-order valence-corrected chi connectivity index (χ1v) is 15.8. The molecule has 1 heterocycles. The Kier molecular flexibility index (Phi) is 9.11. The molecule has 3 aromatic rings. The molecular weight excluding hydrogens is 566 g/mol. The normalized spacial score (nSPS) is 22.1. The fraction of sp³-hybridized carbons (Fsp3) is 0.412. The number of benzene rings is 2. The molecule has 2 amide bonds. The molecule has 2 aliphatic carbocycles. The third kappa shape index (κ3) is 6.01. The van der Waals surface area contributed by atoms with Crippen molar-refractivity contribution < 1.29 is 14.3 Å². The van der Waals surface area contributed by atoms with Crippen LogP contribution >= 0.6 is 22.9 Å². The summed E-state index contributed by atoms with van der Waals surface area (Å²) in [5.41, 5.74) is 2.49. The van der Waals surface area contributed by atoms with Gasteiger partial charge in [0.1, 0.15) is 10.6 Å². The van der Waals surface area contributed by atoms with Gasteiger partial charge >= 0.3 is 0 Å². The van der Waals surface area contributed by atoms with Crippen molar-refractivity contribution in [3.8, 4) is 5.75 Å². The number of hydrogen-bond acceptors (Lipinski definition) is 5. The summed E-state index contributed by atoms with van der Waals surface area (Å²) < 4.78 is 6.81. The Labute approximate surface area is 258 Å². The summed E-state index contributed by atoms with van der Waals surface area (Å²) in [6, 6.07) is 14.6. The average Bonchev–Trinajstić information content (AvgIpc) is 3.35. The minimum Gasteiger partial charge on any atom is -0.496 e. The van der Waals surface area contributed by atoms with E-state index in [1.54, 1.807) is 26.1 Å². The number of hydrogen-bond donors (Lipinski definition) is 1. The maximum Gasteiger partial charge on any atom is 0.266 e. The molecule has 222 valence electrons. The van der Waals surface area contributed by atoms with E-state index in [-0.39, 0.29) is 17.9 Å². The van der Waals surface area contributed by atoms with Crippen molar-refractivity contribution in [2.24, 2.45) is 5.41 Å². The predicted octanol–water partition coefficient (Wildman–Crippen LogP) is 7.17. The molecule has 1 atom stereocenters. The molecule has 1 unspecified atom stereocenters. The quantitative estimate of drug-likeness (QED) is 0.296. The Morgan fingerprint density at radius 1 is 1.12 bits per heavy atom. The number of halogens is 1. The predicted molar refractivity (Wildman–Crippen MR) is 173 cm³/mol. The molecule has 0 radical (unpaired) electrons. The number of rotatable bonds is 8. The standard InChI is InChI=1S/C34H40ClN3O3S/c1-34(33(40)37(3)4)18-16-22(17-19-34)23-10-15-28(41-5)24(20-23)21-38(26-13-11-25(36-2)12-14-26)32(39)31-30(35)27-8-6-7-9-29(27)42-31/h6-10,15-18,20,25-26,36H,11-14,19,21H2,1-5H3/t25-,26-,34?. The molecule has 0 spiro atoms. The first-order chi connectivity index (χ1) is 20.1. The average molecular weight is 606 g/mol. The summed E-state index contributed by atoms with van der Waals surface area (Å²) in [6.07, 6.45) is 10.7. The Morgan fingerprint density at radius 2 is 1.86 bits per heavy atom. The molecule has 1 saturated carbocycles. The molecule has 1 N–H and O–H groups in total. The zero-order chi connectivity index (χ0) is 30.0. The first kappa shape index (κ1) is 30.3. The third-order valence-corrected chi connectivity index (χ3v) is 10.4. The summed E-state index contributed by atoms with van der Waals surface area (Å²) in [7, 11) is 7.26. The van der Waals surface area contributed by atoms with Crippen molar-refractivity contribution in [2.75, 3.05) is 28.3 Å². The van der Waals surface area contributed by atoms with Crippen LogP contribution in [0.25, 0.3) is 15.7 Å². The van der Waals surface area contributed by atoms with Crippen molar-refractivity contribution in [1.29, 1.82) is 0 Å². The van der Waals surface area contributed by atoms with Crippen LogP contribution in [0.4, 0.5) is 0 Å². The lowest BCUT2D eigenvalue weighted by atomic mass is 9.79. The van der Waals surface area contributed by atoms with Gasteiger partial charge in [0.05, 0.1) is 17.5 Å². The Balaban J connectivity index is 1.47. The van der Waals surface area contributed by atoms with Crippen LogP contribution in [0.3, 0.4) is 0 Å². The van der Waals surface area contributed by atoms with Gasteiger partial charge in [-0.1, -0.05) is 54.1 Å². The maximum atomic E-state index is 14.3. The molecule has 1 fully saturated rings. The van der Waals surface area contributed by atoms with Crippen LogP contribution in [0.15, 0.2) is 60.7 Å². The lowest BCUT2D eigenvalue weighted by Crippen LogP contribution is -2.44. The first-order valence-electron chi connectivity index (χ1n) is 14.6. The largest absolute Gasteiger partial charge is 0.496 e. The van der Waals surface area contributed by atoms with Crippen molar-refractivity contribution in [3.63, 3.8) is 0 Å². The zero-order valence-corrected chi connectivity index (χ0v) is 26.6. The van der Waals surface area contributed by atoms with Gasteiger partial charge < -0.3 is 19.9 Å². The molecule has 1 aromatic heterocycles. The molecule has 42 heavy (non-hydrogen) atoms. The SMILES string of the molecule is CN[C@H]1CC[C@H](N(Cc2cc(C3=CCC(C)(C(=O)N(C)C)C=C3)ccc2OC)C(=O)c2sc3ccccc3c2Cl)CC1. The number of allylic oxidation sites excluding steroid dienone is 3. The van der Waals surface area contributed by atoms with Crippen molar-refractivity contribution in [1.82, 2.24) is 15.1 Å². The number of nitrogens with one attached hydrogen (secondary N) is 1. The number of carbonyl (C=O) groups excluding carboxylic acids is 2. The Hall–Kier alpha value is -3.13. The summed E-state index contributed by atoms with van der Waals surface area (Å²) in [5.74, 6) is 0.804. The van der Waals surface area contributed by atoms with Gasteiger partial charge in [-0.2, -0.15) is 0 Å². The fourth-order valence-corrected chi connectivity index (χ4v) is 7.67. The van der Waals surface area contributed by atoms with Crippen LogP contribution in [-0.4, -0.2) is 62.0 Å². The number of ether oxygens (including phenoxy) is 1. The van der Waals surface area contributed by atoms with Crippen LogP contribution in [0.1, 0.15) is 59.8 Å². The smallest absolute Gasteiger partial charge is 0.266 e. The second-order valence-electron chi connectivity index (χ2n) is 11.8. The second kappa shape index (κ2) is 12.6. The molecule has 0 bridgehead atoms. The van der Waals surface area contributed by atoms with E-state index < -0.39 is 5.41 Å². The Morgan fingerprint density at radius 3 is 2.48 bits per heavy atom. The van der Waals surface area contributed by atoms with Crippen LogP contribution < -0.4 is 10.1 Å². The monoisotopic (exact) mass is 605 g/mol.